The van der Waals surface area contributed by atoms with Crippen molar-refractivity contribution in [1.82, 2.24) is 9.97 Å². The quantitative estimate of drug-likeness (QED) is 0.107. The van der Waals surface area contributed by atoms with Gasteiger partial charge in [-0.05, 0) is 74.8 Å². The van der Waals surface area contributed by atoms with E-state index in [-0.39, 0.29) is 31.6 Å². The first-order valence-corrected chi connectivity index (χ1v) is 23.9. The molecule has 3 heterocycles. The Morgan fingerprint density at radius 3 is 1.93 bits per heavy atom. The Bertz CT molecular complexity index is 2960. The standard InChI is InChI=1S/C33H26NO.C22H32NSi.Ir/c1-21(2)29-19-30(34-20-22(29)3)27-17-16-26(24-12-8-5-9-13-24)32-28-15-14-25(18-31(28)35-33(27)32)23-10-6-4-7-11-23;1-15(2)17(5)20-13-21(23-14-22(20)24(6,7)8)19-11-9-18(10-12-19)16(3)4;/h4-16,18-21H,1-3H3;9-11,13-17H,1-8H3;/q2*-1;/i3D3,21D;16D,17D;. The van der Waals surface area contributed by atoms with Crippen LogP contribution in [0.15, 0.2) is 132 Å². The third-order valence-corrected chi connectivity index (χ3v) is 13.1. The summed E-state index contributed by atoms with van der Waals surface area (Å²) in [7, 11) is -1.61. The maximum Gasteiger partial charge on any atom is 0.121 e. The van der Waals surface area contributed by atoms with Gasteiger partial charge in [0.1, 0.15) is 5.58 Å². The molecule has 8 aromatic rings. The van der Waals surface area contributed by atoms with Gasteiger partial charge >= 0.3 is 0 Å². The minimum Gasteiger partial charge on any atom is -0.501 e. The van der Waals surface area contributed by atoms with E-state index in [1.807, 2.05) is 93.7 Å². The fourth-order valence-electron chi connectivity index (χ4n) is 7.41. The summed E-state index contributed by atoms with van der Waals surface area (Å²) in [6.45, 7) is 17.9. The van der Waals surface area contributed by atoms with Crippen molar-refractivity contribution in [3.63, 3.8) is 0 Å². The third-order valence-electron chi connectivity index (χ3n) is 11.1. The Morgan fingerprint density at radius 1 is 0.667 bits per heavy atom. The maximum absolute atomic E-state index is 8.98. The molecule has 8 rings (SSSR count). The molecule has 1 unspecified atom stereocenters. The van der Waals surface area contributed by atoms with Crippen molar-refractivity contribution in [1.29, 1.82) is 0 Å². The molecule has 0 aliphatic carbocycles. The van der Waals surface area contributed by atoms with Crippen molar-refractivity contribution in [3.8, 4) is 44.8 Å². The van der Waals surface area contributed by atoms with E-state index in [9.17, 15) is 0 Å². The Balaban J connectivity index is 0.000000234. The number of aromatic nitrogens is 2. The van der Waals surface area contributed by atoms with Gasteiger partial charge in [0.25, 0.3) is 0 Å². The van der Waals surface area contributed by atoms with E-state index in [1.165, 1.54) is 11.4 Å². The zero-order valence-electron chi connectivity index (χ0n) is 42.3. The van der Waals surface area contributed by atoms with E-state index in [0.717, 1.165) is 61.0 Å². The number of rotatable bonds is 9. The summed E-state index contributed by atoms with van der Waals surface area (Å²) in [5.41, 5.74) is 11.0. The summed E-state index contributed by atoms with van der Waals surface area (Å²) in [5, 5.41) is 3.17. The molecule has 0 saturated heterocycles. The molecule has 1 atom stereocenters. The van der Waals surface area contributed by atoms with Crippen LogP contribution in [0.25, 0.3) is 66.7 Å². The Hall–Kier alpha value is -4.93. The summed E-state index contributed by atoms with van der Waals surface area (Å²) in [5.74, 6) is -2.21. The second kappa shape index (κ2) is 18.8. The van der Waals surface area contributed by atoms with Gasteiger partial charge in [-0.25, -0.2) is 0 Å². The van der Waals surface area contributed by atoms with Crippen LogP contribution in [0, 0.1) is 24.9 Å². The van der Waals surface area contributed by atoms with Crippen LogP contribution < -0.4 is 5.19 Å². The molecule has 3 aromatic heterocycles. The molecule has 309 valence electrons. The van der Waals surface area contributed by atoms with E-state index in [2.05, 4.69) is 93.1 Å². The second-order valence-electron chi connectivity index (χ2n) is 17.1. The van der Waals surface area contributed by atoms with Gasteiger partial charge in [0, 0.05) is 46.1 Å². The fourth-order valence-corrected chi connectivity index (χ4v) is 8.94. The first kappa shape index (κ1) is 36.9. The first-order chi connectivity index (χ1) is 30.4. The van der Waals surface area contributed by atoms with Gasteiger partial charge in [-0.2, -0.15) is 0 Å². The molecule has 0 fully saturated rings. The maximum atomic E-state index is 8.98. The van der Waals surface area contributed by atoms with Crippen molar-refractivity contribution in [2.45, 2.75) is 92.6 Å². The predicted molar refractivity (Wildman–Crippen MR) is 254 cm³/mol. The molecule has 0 spiro atoms. The molecule has 5 heteroatoms. The summed E-state index contributed by atoms with van der Waals surface area (Å²) in [6.07, 6.45) is 3.36. The van der Waals surface area contributed by atoms with Crippen molar-refractivity contribution >= 4 is 35.2 Å². The van der Waals surface area contributed by atoms with Gasteiger partial charge in [-0.15, -0.1) is 47.5 Å². The third kappa shape index (κ3) is 9.50. The number of furan rings is 1. The number of benzene rings is 5. The largest absolute Gasteiger partial charge is 0.501 e. The van der Waals surface area contributed by atoms with Crippen LogP contribution in [-0.2, 0) is 20.1 Å². The van der Waals surface area contributed by atoms with E-state index < -0.39 is 32.6 Å². The van der Waals surface area contributed by atoms with E-state index in [0.29, 0.717) is 22.4 Å². The number of nitrogens with zero attached hydrogens (tertiary/aromatic N) is 2. The predicted octanol–water partition coefficient (Wildman–Crippen LogP) is 15.2. The van der Waals surface area contributed by atoms with Gasteiger partial charge in [0.15, 0.2) is 0 Å². The van der Waals surface area contributed by atoms with Crippen molar-refractivity contribution in [2.75, 3.05) is 0 Å². The molecule has 5 aromatic carbocycles. The van der Waals surface area contributed by atoms with Gasteiger partial charge in [0.05, 0.1) is 13.7 Å². The number of hydrogen-bond acceptors (Lipinski definition) is 3. The van der Waals surface area contributed by atoms with Gasteiger partial charge < -0.3 is 14.4 Å². The summed E-state index contributed by atoms with van der Waals surface area (Å²) in [4.78, 5) is 9.26. The molecule has 3 nitrogen and oxygen atoms in total. The Kier molecular flexibility index (Phi) is 11.5. The minimum atomic E-state index is -2.37. The summed E-state index contributed by atoms with van der Waals surface area (Å²) in [6, 6.07) is 44.8. The van der Waals surface area contributed by atoms with Crippen LogP contribution in [0.5, 0.6) is 0 Å². The van der Waals surface area contributed by atoms with Crippen LogP contribution in [-0.4, -0.2) is 18.0 Å². The average molecular weight is 989 g/mol. The smallest absolute Gasteiger partial charge is 0.121 e. The van der Waals surface area contributed by atoms with E-state index in [4.69, 9.17) is 17.6 Å². The molecule has 0 amide bonds. The van der Waals surface area contributed by atoms with Crippen LogP contribution in [0.3, 0.4) is 0 Å². The monoisotopic (exact) mass is 989 g/mol. The van der Waals surface area contributed by atoms with Gasteiger partial charge in [0.2, 0.25) is 0 Å². The molecule has 0 aliphatic rings. The molecular formula is C55H58IrN2OSi-2. The normalized spacial score (nSPS) is 14.7. The van der Waals surface area contributed by atoms with E-state index in [1.54, 1.807) is 19.9 Å². The average Bonchev–Trinajstić information content (AvgIpc) is 3.64. The minimum absolute atomic E-state index is 0. The van der Waals surface area contributed by atoms with Crippen LogP contribution in [0.4, 0.5) is 0 Å². The van der Waals surface area contributed by atoms with Crippen LogP contribution in [0.1, 0.15) is 96.6 Å². The molecule has 0 bridgehead atoms. The molecule has 60 heavy (non-hydrogen) atoms. The summed E-state index contributed by atoms with van der Waals surface area (Å²) < 4.78 is 56.2. The zero-order valence-corrected chi connectivity index (χ0v) is 39.7. The number of aryl methyl sites for hydroxylation is 1. The van der Waals surface area contributed by atoms with Crippen molar-refractivity contribution in [3.05, 3.63) is 162 Å². The Morgan fingerprint density at radius 2 is 1.33 bits per heavy atom. The van der Waals surface area contributed by atoms with E-state index >= 15 is 0 Å². The van der Waals surface area contributed by atoms with Crippen molar-refractivity contribution < 1.29 is 32.7 Å². The first-order valence-electron chi connectivity index (χ1n) is 23.4. The molecular weight excluding hydrogens is 925 g/mol. The Labute approximate surface area is 381 Å². The zero-order chi connectivity index (χ0) is 47.3. The van der Waals surface area contributed by atoms with Gasteiger partial charge in [-0.3, -0.25) is 0 Å². The number of pyridine rings is 2. The van der Waals surface area contributed by atoms with Crippen molar-refractivity contribution in [2.24, 2.45) is 5.92 Å². The molecule has 0 N–H and O–H groups in total. The number of fused-ring (bicyclic) bond motifs is 3. The topological polar surface area (TPSA) is 38.9 Å². The molecule has 1 radical (unpaired) electrons. The SMILES string of the molecule is [2H]C(C)(C)c1c[c-]c(-c2cc(C([2H])(C)C(C)C)c([Si](C)(C)C)cn2)cc1.[2H]C([2H])([2H])c1cnc(-c2[c-]cc(-c3ccccc3)c3c2oc2cc(-c4ccccc4)ccc23)cc1C([2H])(C)C.[Ir]. The number of hydrogen-bond donors (Lipinski definition) is 0. The molecule has 0 aliphatic heterocycles. The van der Waals surface area contributed by atoms with Crippen LogP contribution >= 0.6 is 0 Å². The van der Waals surface area contributed by atoms with Gasteiger partial charge in [-0.1, -0.05) is 181 Å². The summed E-state index contributed by atoms with van der Waals surface area (Å²) >= 11 is 0. The fraction of sp³-hybridized carbons (Fsp3) is 0.273. The molecule has 0 saturated carbocycles. The van der Waals surface area contributed by atoms with Crippen LogP contribution in [0.2, 0.25) is 19.6 Å². The second-order valence-corrected chi connectivity index (χ2v) is 22.2.